The molecule has 1 N–H and O–H groups in total. The zero-order valence-electron chi connectivity index (χ0n) is 17.1. The summed E-state index contributed by atoms with van der Waals surface area (Å²) in [6.45, 7) is 0. The van der Waals surface area contributed by atoms with E-state index in [1.807, 2.05) is 72.8 Å². The first-order chi connectivity index (χ1) is 15.7. The quantitative estimate of drug-likeness (QED) is 0.320. The van der Waals surface area contributed by atoms with Crippen molar-refractivity contribution in [2.75, 3.05) is 0 Å². The molecule has 0 saturated heterocycles. The number of imidazole rings is 1. The molecule has 0 unspecified atom stereocenters. The molecule has 0 spiro atoms. The zero-order valence-corrected chi connectivity index (χ0v) is 17.1. The Balaban J connectivity index is 1.64. The molecule has 154 valence electrons. The molecule has 0 bridgehead atoms. The number of hydrogen-bond donors (Lipinski definition) is 1. The number of nitrogens with one attached hydrogen (secondary N) is 1. The van der Waals surface area contributed by atoms with E-state index >= 15 is 0 Å². The summed E-state index contributed by atoms with van der Waals surface area (Å²) in [7, 11) is 0. The van der Waals surface area contributed by atoms with Gasteiger partial charge in [-0.1, -0.05) is 91.0 Å². The molecular formula is C28H19FN2O. The summed E-state index contributed by atoms with van der Waals surface area (Å²) in [5.41, 5.74) is 5.16. The van der Waals surface area contributed by atoms with Gasteiger partial charge in [-0.05, 0) is 18.2 Å². The molecule has 4 aromatic carbocycles. The number of ketones is 1. The predicted octanol–water partition coefficient (Wildman–Crippen LogP) is 6.78. The van der Waals surface area contributed by atoms with Crippen LogP contribution in [0.4, 0.5) is 4.39 Å². The van der Waals surface area contributed by atoms with Crippen molar-refractivity contribution < 1.29 is 9.18 Å². The van der Waals surface area contributed by atoms with Crippen LogP contribution >= 0.6 is 0 Å². The maximum atomic E-state index is 13.8. The number of aromatic amines is 1. The Morgan fingerprint density at radius 1 is 0.656 bits per heavy atom. The third kappa shape index (κ3) is 3.86. The second kappa shape index (κ2) is 8.44. The second-order valence-corrected chi connectivity index (χ2v) is 7.46. The Morgan fingerprint density at radius 3 is 2.03 bits per heavy atom. The molecule has 1 heterocycles. The zero-order chi connectivity index (χ0) is 21.9. The lowest BCUT2D eigenvalue weighted by Gasteiger charge is -2.06. The topological polar surface area (TPSA) is 45.8 Å². The van der Waals surface area contributed by atoms with Gasteiger partial charge in [0.15, 0.2) is 5.78 Å². The highest BCUT2D eigenvalue weighted by Gasteiger charge is 2.17. The molecule has 32 heavy (non-hydrogen) atoms. The number of halogens is 1. The fraction of sp³-hybridized carbons (Fsp3) is 0. The van der Waals surface area contributed by atoms with E-state index in [0.717, 1.165) is 16.8 Å². The van der Waals surface area contributed by atoms with Gasteiger partial charge in [0.25, 0.3) is 0 Å². The van der Waals surface area contributed by atoms with Crippen LogP contribution < -0.4 is 0 Å². The molecule has 0 fully saturated rings. The van der Waals surface area contributed by atoms with Crippen LogP contribution in [0.1, 0.15) is 15.9 Å². The molecule has 0 atom stereocenters. The number of carbonyl (C=O) groups is 1. The van der Waals surface area contributed by atoms with Gasteiger partial charge in [-0.25, -0.2) is 9.37 Å². The van der Waals surface area contributed by atoms with Crippen molar-refractivity contribution in [3.8, 4) is 33.9 Å². The number of H-pyrrole nitrogens is 1. The van der Waals surface area contributed by atoms with Crippen molar-refractivity contribution in [1.82, 2.24) is 9.97 Å². The molecule has 0 aliphatic heterocycles. The Morgan fingerprint density at radius 2 is 1.28 bits per heavy atom. The van der Waals surface area contributed by atoms with Gasteiger partial charge in [0.05, 0.1) is 11.4 Å². The van der Waals surface area contributed by atoms with Gasteiger partial charge in [-0.2, -0.15) is 0 Å². The summed E-state index contributed by atoms with van der Waals surface area (Å²) in [6, 6.07) is 32.8. The van der Waals surface area contributed by atoms with E-state index in [0.29, 0.717) is 28.2 Å². The molecule has 3 nitrogen and oxygen atoms in total. The molecule has 0 aliphatic rings. The minimum atomic E-state index is -0.322. The minimum Gasteiger partial charge on any atom is -0.337 e. The fourth-order valence-electron chi connectivity index (χ4n) is 3.73. The summed E-state index contributed by atoms with van der Waals surface area (Å²) in [6.07, 6.45) is 0. The maximum Gasteiger partial charge on any atom is 0.193 e. The first kappa shape index (κ1) is 19.6. The Labute approximate surface area is 185 Å². The molecule has 5 rings (SSSR count). The number of hydrogen-bond acceptors (Lipinski definition) is 2. The van der Waals surface area contributed by atoms with Gasteiger partial charge < -0.3 is 4.98 Å². The summed E-state index contributed by atoms with van der Waals surface area (Å²) in [5, 5.41) is 0. The van der Waals surface area contributed by atoms with Gasteiger partial charge in [0.1, 0.15) is 11.6 Å². The number of benzene rings is 4. The highest BCUT2D eigenvalue weighted by Crippen LogP contribution is 2.33. The number of aromatic nitrogens is 2. The average Bonchev–Trinajstić information content (AvgIpc) is 3.30. The van der Waals surface area contributed by atoms with E-state index in [1.54, 1.807) is 24.3 Å². The molecular weight excluding hydrogens is 399 g/mol. The smallest absolute Gasteiger partial charge is 0.193 e. The molecule has 1 aromatic heterocycles. The lowest BCUT2D eigenvalue weighted by atomic mass is 9.99. The number of rotatable bonds is 5. The second-order valence-electron chi connectivity index (χ2n) is 7.46. The summed E-state index contributed by atoms with van der Waals surface area (Å²) >= 11 is 0. The van der Waals surface area contributed by atoms with E-state index in [4.69, 9.17) is 4.98 Å². The van der Waals surface area contributed by atoms with Crippen molar-refractivity contribution in [1.29, 1.82) is 0 Å². The van der Waals surface area contributed by atoms with Crippen LogP contribution in [0.15, 0.2) is 109 Å². The van der Waals surface area contributed by atoms with Crippen molar-refractivity contribution in [3.63, 3.8) is 0 Å². The molecule has 0 amide bonds. The van der Waals surface area contributed by atoms with Crippen LogP contribution in [0, 0.1) is 5.82 Å². The monoisotopic (exact) mass is 418 g/mol. The predicted molar refractivity (Wildman–Crippen MR) is 125 cm³/mol. The van der Waals surface area contributed by atoms with Gasteiger partial charge in [0, 0.05) is 27.8 Å². The fourth-order valence-corrected chi connectivity index (χ4v) is 3.73. The van der Waals surface area contributed by atoms with Gasteiger partial charge in [0.2, 0.25) is 0 Å². The van der Waals surface area contributed by atoms with Crippen molar-refractivity contribution in [2.24, 2.45) is 0 Å². The van der Waals surface area contributed by atoms with E-state index in [2.05, 4.69) is 4.98 Å². The number of nitrogens with zero attached hydrogens (tertiary/aromatic N) is 1. The van der Waals surface area contributed by atoms with Crippen LogP contribution in [0.25, 0.3) is 33.9 Å². The van der Waals surface area contributed by atoms with E-state index < -0.39 is 0 Å². The van der Waals surface area contributed by atoms with Gasteiger partial charge in [-0.15, -0.1) is 0 Å². The SMILES string of the molecule is O=C(c1ccccc1)c1cccc(-c2nc(-c3cccc(F)c3)[nH]c2-c2ccccc2)c1. The van der Waals surface area contributed by atoms with E-state index in [1.165, 1.54) is 12.1 Å². The molecule has 0 saturated carbocycles. The largest absolute Gasteiger partial charge is 0.337 e. The van der Waals surface area contributed by atoms with Crippen LogP contribution in [0.5, 0.6) is 0 Å². The van der Waals surface area contributed by atoms with E-state index in [-0.39, 0.29) is 11.6 Å². The summed E-state index contributed by atoms with van der Waals surface area (Å²) in [5.74, 6) is 0.199. The molecule has 0 aliphatic carbocycles. The maximum absolute atomic E-state index is 13.8. The Bertz CT molecular complexity index is 1390. The number of carbonyl (C=O) groups excluding carboxylic acids is 1. The molecule has 0 radical (unpaired) electrons. The van der Waals surface area contributed by atoms with Crippen LogP contribution in [0.2, 0.25) is 0 Å². The third-order valence-electron chi connectivity index (χ3n) is 5.30. The Kier molecular flexibility index (Phi) is 5.18. The minimum absolute atomic E-state index is 0.0467. The van der Waals surface area contributed by atoms with Crippen molar-refractivity contribution in [2.45, 2.75) is 0 Å². The summed E-state index contributed by atoms with van der Waals surface area (Å²) < 4.78 is 13.8. The summed E-state index contributed by atoms with van der Waals surface area (Å²) in [4.78, 5) is 21.1. The third-order valence-corrected chi connectivity index (χ3v) is 5.30. The average molecular weight is 418 g/mol. The van der Waals surface area contributed by atoms with E-state index in [9.17, 15) is 9.18 Å². The lowest BCUT2D eigenvalue weighted by molar-refractivity contribution is 0.103. The molecule has 5 aromatic rings. The van der Waals surface area contributed by atoms with Gasteiger partial charge in [-0.3, -0.25) is 4.79 Å². The normalized spacial score (nSPS) is 10.8. The first-order valence-electron chi connectivity index (χ1n) is 10.3. The van der Waals surface area contributed by atoms with Crippen molar-refractivity contribution >= 4 is 5.78 Å². The van der Waals surface area contributed by atoms with Gasteiger partial charge >= 0.3 is 0 Å². The van der Waals surface area contributed by atoms with Crippen molar-refractivity contribution in [3.05, 3.63) is 126 Å². The highest BCUT2D eigenvalue weighted by molar-refractivity contribution is 6.09. The first-order valence-corrected chi connectivity index (χ1v) is 10.3. The standard InChI is InChI=1S/C28H19FN2O/c29-24-16-8-15-23(18-24)28-30-25(19-9-3-1-4-10-19)26(31-28)21-13-7-14-22(17-21)27(32)20-11-5-2-6-12-20/h1-18H,(H,30,31). The van der Waals surface area contributed by atoms with Crippen LogP contribution in [-0.2, 0) is 0 Å². The Hall–Kier alpha value is -4.31. The lowest BCUT2D eigenvalue weighted by Crippen LogP contribution is -2.01. The highest BCUT2D eigenvalue weighted by atomic mass is 19.1. The molecule has 4 heteroatoms. The van der Waals surface area contributed by atoms with Crippen LogP contribution in [-0.4, -0.2) is 15.8 Å². The van der Waals surface area contributed by atoms with Crippen LogP contribution in [0.3, 0.4) is 0 Å².